The van der Waals surface area contributed by atoms with Crippen molar-refractivity contribution in [2.75, 3.05) is 19.8 Å². The van der Waals surface area contributed by atoms with Gasteiger partial charge >= 0.3 is 7.60 Å². The van der Waals surface area contributed by atoms with Crippen LogP contribution in [-0.4, -0.2) is 38.3 Å². The fourth-order valence-electron chi connectivity index (χ4n) is 2.04. The summed E-state index contributed by atoms with van der Waals surface area (Å²) in [5.41, 5.74) is 0.977. The summed E-state index contributed by atoms with van der Waals surface area (Å²) in [5.74, 6) is -0.719. The Bertz CT molecular complexity index is 633. The van der Waals surface area contributed by atoms with Gasteiger partial charge in [-0.1, -0.05) is 17.7 Å². The molecule has 1 aliphatic heterocycles. The first kappa shape index (κ1) is 16.6. The standard InChI is InChI=1S/C13H20NO5PS/c1-4-18-20(15,19-5-2)13-10-14(13)21(16,17)12-8-6-11(3)7-9-12/h6-9,13H,4-5,10H2,1-3H3/t13-,14?/m0/s1. The Morgan fingerprint density at radius 2 is 1.71 bits per heavy atom. The van der Waals surface area contributed by atoms with Gasteiger partial charge in [0.25, 0.3) is 0 Å². The second kappa shape index (κ2) is 6.18. The van der Waals surface area contributed by atoms with Crippen LogP contribution in [0.15, 0.2) is 29.2 Å². The SMILES string of the molecule is CCOP(=O)(OCC)[C@H]1CN1S(=O)(=O)c1ccc(C)cc1. The number of benzene rings is 1. The van der Waals surface area contributed by atoms with Crippen molar-refractivity contribution in [1.29, 1.82) is 0 Å². The predicted octanol–water partition coefficient (Wildman–Crippen LogP) is 2.59. The van der Waals surface area contributed by atoms with E-state index in [-0.39, 0.29) is 24.7 Å². The second-order valence-electron chi connectivity index (χ2n) is 4.74. The molecule has 0 spiro atoms. The molecule has 2 rings (SSSR count). The van der Waals surface area contributed by atoms with Crippen LogP contribution in [0.4, 0.5) is 0 Å². The van der Waals surface area contributed by atoms with Crippen molar-refractivity contribution in [1.82, 2.24) is 4.31 Å². The summed E-state index contributed by atoms with van der Waals surface area (Å²) in [7, 11) is -7.07. The molecule has 0 saturated carbocycles. The summed E-state index contributed by atoms with van der Waals surface area (Å²) < 4.78 is 49.1. The number of aryl methyl sites for hydroxylation is 1. The maximum atomic E-state index is 12.6. The Morgan fingerprint density at radius 1 is 1.19 bits per heavy atom. The molecular formula is C13H20NO5PS. The van der Waals surface area contributed by atoms with Crippen molar-refractivity contribution in [3.05, 3.63) is 29.8 Å². The summed E-state index contributed by atoms with van der Waals surface area (Å²) in [6.07, 6.45) is 0. The highest BCUT2D eigenvalue weighted by atomic mass is 32.2. The van der Waals surface area contributed by atoms with E-state index in [4.69, 9.17) is 9.05 Å². The van der Waals surface area contributed by atoms with E-state index in [0.717, 1.165) is 5.56 Å². The van der Waals surface area contributed by atoms with Crippen LogP contribution < -0.4 is 0 Å². The van der Waals surface area contributed by atoms with Gasteiger partial charge in [-0.05, 0) is 32.9 Å². The zero-order chi connectivity index (χ0) is 15.7. The Balaban J connectivity index is 2.21. The summed E-state index contributed by atoms with van der Waals surface area (Å²) in [6, 6.07) is 6.56. The Kier molecular flexibility index (Phi) is 4.90. The topological polar surface area (TPSA) is 72.7 Å². The van der Waals surface area contributed by atoms with Crippen LogP contribution in [0, 0.1) is 6.92 Å². The van der Waals surface area contributed by atoms with Gasteiger partial charge in [-0.3, -0.25) is 4.57 Å². The van der Waals surface area contributed by atoms with Gasteiger partial charge in [0.1, 0.15) is 5.78 Å². The molecule has 21 heavy (non-hydrogen) atoms. The predicted molar refractivity (Wildman–Crippen MR) is 79.7 cm³/mol. The van der Waals surface area contributed by atoms with Gasteiger partial charge in [0.05, 0.1) is 18.1 Å². The number of rotatable bonds is 7. The summed E-state index contributed by atoms with van der Waals surface area (Å²) in [5, 5.41) is 0. The molecule has 1 unspecified atom stereocenters. The van der Waals surface area contributed by atoms with E-state index in [1.807, 2.05) is 6.92 Å². The second-order valence-corrected chi connectivity index (χ2v) is 8.83. The van der Waals surface area contributed by atoms with Gasteiger partial charge in [0.2, 0.25) is 10.0 Å². The molecule has 0 aromatic heterocycles. The van der Waals surface area contributed by atoms with Crippen molar-refractivity contribution >= 4 is 17.6 Å². The summed E-state index contributed by atoms with van der Waals surface area (Å²) in [4.78, 5) is 0.190. The molecule has 1 heterocycles. The fourth-order valence-corrected chi connectivity index (χ4v) is 6.11. The van der Waals surface area contributed by atoms with E-state index in [0.29, 0.717) is 0 Å². The zero-order valence-corrected chi connectivity index (χ0v) is 14.1. The molecule has 8 heteroatoms. The highest BCUT2D eigenvalue weighted by Crippen LogP contribution is 2.60. The Labute approximate surface area is 125 Å². The van der Waals surface area contributed by atoms with Gasteiger partial charge < -0.3 is 9.05 Å². The fraction of sp³-hybridized carbons (Fsp3) is 0.538. The average Bonchev–Trinajstić information content (AvgIpc) is 3.21. The minimum absolute atomic E-state index is 0.160. The van der Waals surface area contributed by atoms with E-state index in [9.17, 15) is 13.0 Å². The first-order valence-electron chi connectivity index (χ1n) is 6.82. The smallest absolute Gasteiger partial charge is 0.308 e. The third kappa shape index (κ3) is 3.38. The van der Waals surface area contributed by atoms with Gasteiger partial charge in [0.15, 0.2) is 0 Å². The molecule has 0 bridgehead atoms. The van der Waals surface area contributed by atoms with Crippen molar-refractivity contribution in [2.45, 2.75) is 31.4 Å². The van der Waals surface area contributed by atoms with E-state index in [1.54, 1.807) is 38.1 Å². The number of hydrogen-bond donors (Lipinski definition) is 0. The highest BCUT2D eigenvalue weighted by Gasteiger charge is 2.57. The van der Waals surface area contributed by atoms with Gasteiger partial charge in [-0.15, -0.1) is 0 Å². The molecular weight excluding hydrogens is 313 g/mol. The van der Waals surface area contributed by atoms with Gasteiger partial charge in [0, 0.05) is 6.54 Å². The molecule has 1 aromatic carbocycles. The molecule has 0 radical (unpaired) electrons. The lowest BCUT2D eigenvalue weighted by Gasteiger charge is -2.17. The largest absolute Gasteiger partial charge is 0.350 e. The molecule has 0 N–H and O–H groups in total. The lowest BCUT2D eigenvalue weighted by molar-refractivity contribution is 0.216. The molecule has 0 amide bonds. The maximum absolute atomic E-state index is 12.6. The highest BCUT2D eigenvalue weighted by molar-refractivity contribution is 7.89. The van der Waals surface area contributed by atoms with Gasteiger partial charge in [-0.25, -0.2) is 8.42 Å². The van der Waals surface area contributed by atoms with Crippen molar-refractivity contribution < 1.29 is 22.0 Å². The number of nitrogens with zero attached hydrogens (tertiary/aromatic N) is 1. The normalized spacial score (nSPS) is 22.2. The van der Waals surface area contributed by atoms with Crippen LogP contribution in [0.25, 0.3) is 0 Å². The van der Waals surface area contributed by atoms with Crippen LogP contribution in [0.2, 0.25) is 0 Å². The molecule has 1 fully saturated rings. The quantitative estimate of drug-likeness (QED) is 0.566. The van der Waals surface area contributed by atoms with Gasteiger partial charge in [-0.2, -0.15) is 4.31 Å². The van der Waals surface area contributed by atoms with Crippen LogP contribution in [0.3, 0.4) is 0 Å². The van der Waals surface area contributed by atoms with Crippen LogP contribution >= 0.6 is 7.60 Å². The van der Waals surface area contributed by atoms with E-state index in [2.05, 4.69) is 0 Å². The van der Waals surface area contributed by atoms with E-state index < -0.39 is 23.4 Å². The molecule has 1 aromatic rings. The summed E-state index contributed by atoms with van der Waals surface area (Å²) >= 11 is 0. The lowest BCUT2D eigenvalue weighted by atomic mass is 10.2. The van der Waals surface area contributed by atoms with Crippen molar-refractivity contribution in [3.63, 3.8) is 0 Å². The minimum Gasteiger partial charge on any atom is -0.308 e. The third-order valence-electron chi connectivity index (χ3n) is 3.15. The Morgan fingerprint density at radius 3 is 2.19 bits per heavy atom. The zero-order valence-electron chi connectivity index (χ0n) is 12.4. The molecule has 2 atom stereocenters. The van der Waals surface area contributed by atoms with E-state index >= 15 is 0 Å². The minimum atomic E-state index is -3.65. The number of hydrogen-bond acceptors (Lipinski definition) is 5. The monoisotopic (exact) mass is 333 g/mol. The maximum Gasteiger partial charge on any atom is 0.350 e. The first-order chi connectivity index (χ1) is 9.85. The van der Waals surface area contributed by atoms with E-state index in [1.165, 1.54) is 4.31 Å². The van der Waals surface area contributed by atoms with Crippen molar-refractivity contribution in [3.8, 4) is 0 Å². The first-order valence-corrected chi connectivity index (χ1v) is 9.87. The molecule has 0 aliphatic carbocycles. The average molecular weight is 333 g/mol. The van der Waals surface area contributed by atoms with Crippen LogP contribution in [0.1, 0.15) is 19.4 Å². The lowest BCUT2D eigenvalue weighted by Crippen LogP contribution is -2.16. The third-order valence-corrected chi connectivity index (χ3v) is 7.61. The Hall–Kier alpha value is -0.720. The molecule has 1 aliphatic rings. The van der Waals surface area contributed by atoms with Crippen molar-refractivity contribution in [2.24, 2.45) is 0 Å². The molecule has 6 nitrogen and oxygen atoms in total. The summed E-state index contributed by atoms with van der Waals surface area (Å²) in [6.45, 7) is 5.88. The van der Waals surface area contributed by atoms with Crippen LogP contribution in [-0.2, 0) is 23.6 Å². The van der Waals surface area contributed by atoms with Crippen LogP contribution in [0.5, 0.6) is 0 Å². The number of sulfonamides is 1. The molecule has 118 valence electrons. The molecule has 1 saturated heterocycles.